The van der Waals surface area contributed by atoms with E-state index in [0.717, 1.165) is 23.1 Å². The predicted octanol–water partition coefficient (Wildman–Crippen LogP) is 5.63. The van der Waals surface area contributed by atoms with Gasteiger partial charge in [0.25, 0.3) is 5.91 Å². The van der Waals surface area contributed by atoms with Crippen molar-refractivity contribution in [3.63, 3.8) is 0 Å². The number of amides is 6. The number of nitrogens with one attached hydrogen (secondary N) is 5. The number of hydrogen-bond acceptors (Lipinski definition) is 15. The fourth-order valence-corrected chi connectivity index (χ4v) is 8.30. The van der Waals surface area contributed by atoms with E-state index in [1.54, 1.807) is 67.5 Å². The number of ether oxygens (including phenoxy) is 4. The lowest BCUT2D eigenvalue weighted by Crippen LogP contribution is -2.55. The molecule has 4 aromatic rings. The number of phenolic OH excluding ortho intramolecular Hbond substituents is 1. The third-order valence-corrected chi connectivity index (χ3v) is 12.2. The van der Waals surface area contributed by atoms with Crippen molar-refractivity contribution in [1.29, 1.82) is 0 Å². The maximum Gasteiger partial charge on any atom is 0.407 e. The van der Waals surface area contributed by atoms with E-state index in [0.29, 0.717) is 22.8 Å². The first-order chi connectivity index (χ1) is 35.8. The Morgan fingerprint density at radius 1 is 0.805 bits per heavy atom. The van der Waals surface area contributed by atoms with Gasteiger partial charge in [-0.3, -0.25) is 19.2 Å². The number of carbonyl (C=O) groups excluding carboxylic acids is 7. The number of aromatic nitrogens is 2. The second-order valence-corrected chi connectivity index (χ2v) is 22.0. The Morgan fingerprint density at radius 3 is 2.00 bits per heavy atom. The first-order valence-corrected chi connectivity index (χ1v) is 25.3. The lowest BCUT2D eigenvalue weighted by atomic mass is 9.86. The molecule has 77 heavy (non-hydrogen) atoms. The zero-order chi connectivity index (χ0) is 57.3. The molecule has 0 spiro atoms. The van der Waals surface area contributed by atoms with E-state index in [-0.39, 0.29) is 71.7 Å². The molecule has 0 saturated heterocycles. The molecule has 1 aliphatic heterocycles. The standard InChI is InChI=1S/C56H74N8O13/c1-30-44(31(2)60-46(59-30)34-16-19-36(20-17-34)54(4,5)6)48(68)62-40(23-24-57-52(72)76-55(7,8)9)50(70)64(13)45-35-18-22-43(75-29-37(65)28-58-53(73)77-56(10,11)12)39(27-35)38-25-33(15-21-42(38)66)26-41(51(71)74-14)63-47(67)32(3)61-49(45)69/h15-22,25,27,32,37,40-41,45,65-66H,23-24,26,28-29H2,1-14H3,(H,57,72)(H,58,73)(H,61,69)(H,62,68)(H,63,67)/t32-,37+,40-,41-,45-/m0/s1. The molecule has 0 aliphatic carbocycles. The van der Waals surface area contributed by atoms with Crippen LogP contribution in [0.3, 0.4) is 0 Å². The summed E-state index contributed by atoms with van der Waals surface area (Å²) in [4.78, 5) is 107. The van der Waals surface area contributed by atoms with Crippen molar-refractivity contribution >= 4 is 41.8 Å². The van der Waals surface area contributed by atoms with Crippen LogP contribution < -0.4 is 31.3 Å². The van der Waals surface area contributed by atoms with Gasteiger partial charge in [-0.1, -0.05) is 57.2 Å². The highest BCUT2D eigenvalue weighted by molar-refractivity contribution is 6.00. The molecule has 0 unspecified atom stereocenters. The van der Waals surface area contributed by atoms with Crippen LogP contribution in [0.4, 0.5) is 9.59 Å². The second kappa shape index (κ2) is 24.9. The van der Waals surface area contributed by atoms with Crippen molar-refractivity contribution in [1.82, 2.24) is 41.5 Å². The van der Waals surface area contributed by atoms with Gasteiger partial charge in [0.15, 0.2) is 5.82 Å². The average molecular weight is 1070 g/mol. The van der Waals surface area contributed by atoms with E-state index < -0.39 is 83.3 Å². The third kappa shape index (κ3) is 16.6. The molecule has 0 radical (unpaired) electrons. The van der Waals surface area contributed by atoms with Gasteiger partial charge >= 0.3 is 18.2 Å². The van der Waals surface area contributed by atoms with Crippen molar-refractivity contribution in [2.75, 3.05) is 33.9 Å². The van der Waals surface area contributed by atoms with E-state index in [9.17, 15) is 39.0 Å². The Morgan fingerprint density at radius 2 is 1.42 bits per heavy atom. The smallest absolute Gasteiger partial charge is 0.407 e. The van der Waals surface area contributed by atoms with Crippen LogP contribution in [0.25, 0.3) is 22.5 Å². The maximum atomic E-state index is 15.2. The topological polar surface area (TPSA) is 286 Å². The molecule has 21 heteroatoms. The Bertz CT molecular complexity index is 2810. The molecule has 0 fully saturated rings. The Labute approximate surface area is 449 Å². The first kappa shape index (κ1) is 60.1. The van der Waals surface area contributed by atoms with Crippen LogP contribution in [0, 0.1) is 13.8 Å². The number of phenols is 1. The van der Waals surface area contributed by atoms with Crippen LogP contribution in [-0.4, -0.2) is 136 Å². The number of aryl methyl sites for hydroxylation is 2. The summed E-state index contributed by atoms with van der Waals surface area (Å²) in [6, 6.07) is 11.1. The summed E-state index contributed by atoms with van der Waals surface area (Å²) in [5, 5.41) is 35.6. The number of methoxy groups -OCH3 is 1. The minimum Gasteiger partial charge on any atom is -0.507 e. The van der Waals surface area contributed by atoms with Gasteiger partial charge in [0, 0.05) is 36.7 Å². The van der Waals surface area contributed by atoms with Crippen LogP contribution in [-0.2, 0) is 45.2 Å². The number of hydrogen-bond donors (Lipinski definition) is 7. The molecule has 5 atom stereocenters. The van der Waals surface area contributed by atoms with Crippen molar-refractivity contribution < 1.29 is 62.7 Å². The summed E-state index contributed by atoms with van der Waals surface area (Å²) in [6.07, 6.45) is -3.12. The molecule has 3 aromatic carbocycles. The zero-order valence-electron chi connectivity index (χ0n) is 46.4. The third-order valence-electron chi connectivity index (χ3n) is 12.2. The minimum atomic E-state index is -1.59. The molecule has 0 saturated carbocycles. The van der Waals surface area contributed by atoms with Gasteiger partial charge in [0.2, 0.25) is 17.7 Å². The summed E-state index contributed by atoms with van der Waals surface area (Å²) < 4.78 is 21.8. The maximum absolute atomic E-state index is 15.2. The molecular weight excluding hydrogens is 993 g/mol. The number of alkyl carbamates (subject to hydrolysis) is 2. The molecule has 6 amide bonds. The molecule has 416 valence electrons. The lowest BCUT2D eigenvalue weighted by molar-refractivity contribution is -0.145. The van der Waals surface area contributed by atoms with Crippen molar-refractivity contribution in [3.05, 3.63) is 94.3 Å². The van der Waals surface area contributed by atoms with Gasteiger partial charge in [0.1, 0.15) is 59.6 Å². The monoisotopic (exact) mass is 1070 g/mol. The van der Waals surface area contributed by atoms with Crippen LogP contribution in [0.15, 0.2) is 60.7 Å². The number of carbonyl (C=O) groups is 7. The molecule has 2 heterocycles. The molecule has 4 bridgehead atoms. The van der Waals surface area contributed by atoms with E-state index in [2.05, 4.69) is 57.3 Å². The van der Waals surface area contributed by atoms with E-state index in [1.807, 2.05) is 24.3 Å². The highest BCUT2D eigenvalue weighted by atomic mass is 16.6. The van der Waals surface area contributed by atoms with Crippen LogP contribution in [0.5, 0.6) is 11.5 Å². The Hall–Kier alpha value is -7.81. The molecule has 21 nitrogen and oxygen atoms in total. The van der Waals surface area contributed by atoms with Gasteiger partial charge in [-0.05, 0) is 115 Å². The van der Waals surface area contributed by atoms with Gasteiger partial charge in [-0.25, -0.2) is 24.4 Å². The number of nitrogens with zero attached hydrogens (tertiary/aromatic N) is 3. The normalized spacial score (nSPS) is 16.7. The Kier molecular flexibility index (Phi) is 19.4. The summed E-state index contributed by atoms with van der Waals surface area (Å²) >= 11 is 0. The number of aromatic hydroxyl groups is 1. The summed E-state index contributed by atoms with van der Waals surface area (Å²) in [5.41, 5.74) is 1.73. The highest BCUT2D eigenvalue weighted by Gasteiger charge is 2.37. The molecule has 1 aliphatic rings. The summed E-state index contributed by atoms with van der Waals surface area (Å²) in [6.45, 7) is 20.3. The van der Waals surface area contributed by atoms with Gasteiger partial charge in [-0.15, -0.1) is 0 Å². The number of rotatable bonds is 14. The number of likely N-dealkylation sites (N-methyl/N-ethyl adjacent to an activating group) is 1. The van der Waals surface area contributed by atoms with E-state index in [4.69, 9.17) is 18.9 Å². The minimum absolute atomic E-state index is 0.0863. The van der Waals surface area contributed by atoms with E-state index in [1.165, 1.54) is 38.2 Å². The van der Waals surface area contributed by atoms with Crippen LogP contribution in [0.1, 0.15) is 120 Å². The van der Waals surface area contributed by atoms with Crippen molar-refractivity contribution in [2.24, 2.45) is 0 Å². The number of aliphatic hydroxyl groups is 1. The van der Waals surface area contributed by atoms with Crippen molar-refractivity contribution in [3.8, 4) is 34.0 Å². The number of fused-ring (bicyclic) bond motifs is 5. The first-order valence-electron chi connectivity index (χ1n) is 25.3. The van der Waals surface area contributed by atoms with Gasteiger partial charge in [0.05, 0.1) is 30.6 Å². The zero-order valence-corrected chi connectivity index (χ0v) is 46.4. The summed E-state index contributed by atoms with van der Waals surface area (Å²) in [5.74, 6) is -3.76. The number of esters is 1. The van der Waals surface area contributed by atoms with Gasteiger partial charge in [-0.2, -0.15) is 0 Å². The summed E-state index contributed by atoms with van der Waals surface area (Å²) in [7, 11) is 2.48. The molecular formula is C56H74N8O13. The molecule has 7 N–H and O–H groups in total. The molecule has 5 rings (SSSR count). The lowest BCUT2D eigenvalue weighted by Gasteiger charge is -2.33. The van der Waals surface area contributed by atoms with Gasteiger partial charge < -0.3 is 60.6 Å². The highest BCUT2D eigenvalue weighted by Crippen LogP contribution is 2.40. The fourth-order valence-electron chi connectivity index (χ4n) is 8.30. The number of aliphatic hydroxyl groups excluding tert-OH is 1. The van der Waals surface area contributed by atoms with E-state index >= 15 is 4.79 Å². The average Bonchev–Trinajstić information content (AvgIpc) is 3.33. The largest absolute Gasteiger partial charge is 0.507 e. The predicted molar refractivity (Wildman–Crippen MR) is 286 cm³/mol. The number of benzene rings is 3. The van der Waals surface area contributed by atoms with Crippen molar-refractivity contribution in [2.45, 2.75) is 143 Å². The van der Waals surface area contributed by atoms with Crippen LogP contribution >= 0.6 is 0 Å². The second-order valence-electron chi connectivity index (χ2n) is 22.0. The SMILES string of the molecule is COC(=O)[C@@H]1Cc2ccc(O)c(c2)-c2cc(ccc2OC[C@H](O)CNC(=O)OC(C)(C)C)[C@H](N(C)C(=O)[C@H](CCNC(=O)OC(C)(C)C)NC(=O)c2c(C)nc(-c3ccc(C(C)(C)C)cc3)nc2C)C(=O)N[C@@H](C)C(=O)N1. The Balaban J connectivity index is 1.59. The fraction of sp³-hybridized carbons (Fsp3) is 0.482. The molecule has 1 aromatic heterocycles. The van der Waals surface area contributed by atoms with Crippen LogP contribution in [0.2, 0.25) is 0 Å². The quantitative estimate of drug-likeness (QED) is 0.0596.